The van der Waals surface area contributed by atoms with E-state index in [1.54, 1.807) is 12.1 Å². The average molecular weight is 357 g/mol. The summed E-state index contributed by atoms with van der Waals surface area (Å²) in [5, 5.41) is 3.02. The predicted octanol–water partition coefficient (Wildman–Crippen LogP) is 3.06. The largest absolute Gasteiger partial charge is 0.313 e. The Kier molecular flexibility index (Phi) is 3.51. The minimum absolute atomic E-state index is 0.267. The molecule has 8 heteroatoms. The maximum absolute atomic E-state index is 12.6. The van der Waals surface area contributed by atoms with Crippen LogP contribution in [0, 0.1) is 0 Å². The van der Waals surface area contributed by atoms with Gasteiger partial charge in [-0.3, -0.25) is 9.59 Å². The van der Waals surface area contributed by atoms with Gasteiger partial charge in [0.25, 0.3) is 11.1 Å². The molecule has 0 spiro atoms. The number of hydrogen-bond acceptors (Lipinski definition) is 5. The van der Waals surface area contributed by atoms with Gasteiger partial charge in [0.05, 0.1) is 11.7 Å². The lowest BCUT2D eigenvalue weighted by molar-refractivity contribution is 1.08. The van der Waals surface area contributed by atoms with Gasteiger partial charge in [-0.05, 0) is 17.7 Å². The van der Waals surface area contributed by atoms with Crippen LogP contribution in [0.1, 0.15) is 0 Å². The lowest BCUT2D eigenvalue weighted by Crippen LogP contribution is -2.11. The molecule has 0 aliphatic heterocycles. The van der Waals surface area contributed by atoms with Gasteiger partial charge in [0.2, 0.25) is 0 Å². The summed E-state index contributed by atoms with van der Waals surface area (Å²) in [5.41, 5.74) is 1.42. The number of hydrogen-bond donors (Lipinski definition) is 2. The molecule has 0 amide bonds. The Morgan fingerprint density at radius 3 is 2.67 bits per heavy atom. The molecule has 0 aliphatic rings. The molecule has 0 radical (unpaired) electrons. The van der Waals surface area contributed by atoms with Crippen molar-refractivity contribution in [3.05, 3.63) is 67.8 Å². The first-order chi connectivity index (χ1) is 11.6. The van der Waals surface area contributed by atoms with Gasteiger partial charge >= 0.3 is 0 Å². The molecule has 24 heavy (non-hydrogen) atoms. The molecule has 0 aliphatic carbocycles. The number of H-pyrrole nitrogens is 2. The van der Waals surface area contributed by atoms with E-state index in [0.717, 1.165) is 11.1 Å². The lowest BCUT2D eigenvalue weighted by Gasteiger charge is -2.02. The van der Waals surface area contributed by atoms with Crippen molar-refractivity contribution in [2.75, 3.05) is 0 Å². The first-order valence-corrected chi connectivity index (χ1v) is 8.20. The lowest BCUT2D eigenvalue weighted by atomic mass is 10.1. The van der Waals surface area contributed by atoms with E-state index < -0.39 is 0 Å². The third kappa shape index (κ3) is 2.53. The molecule has 4 aromatic rings. The summed E-state index contributed by atoms with van der Waals surface area (Å²) in [6.45, 7) is 0. The van der Waals surface area contributed by atoms with E-state index in [9.17, 15) is 9.59 Å². The van der Waals surface area contributed by atoms with Gasteiger partial charge in [-0.25, -0.2) is 9.97 Å². The molecule has 2 N–H and O–H groups in total. The fourth-order valence-electron chi connectivity index (χ4n) is 2.41. The molecule has 1 aromatic carbocycles. The van der Waals surface area contributed by atoms with Crippen molar-refractivity contribution in [3.8, 4) is 22.6 Å². The van der Waals surface area contributed by atoms with Crippen LogP contribution < -0.4 is 11.1 Å². The summed E-state index contributed by atoms with van der Waals surface area (Å²) >= 11 is 7.27. The Morgan fingerprint density at radius 2 is 1.92 bits per heavy atom. The standard InChI is InChI=1S/C16H9ClN4O2S/c17-9-3-1-8(2-4-9)10-6-24-16-13(10)15(23)20-14(21-16)11-5-12(22)19-7-18-11/h1-7H,(H,18,19,22)(H,20,21,23). The summed E-state index contributed by atoms with van der Waals surface area (Å²) in [5.74, 6) is 0.267. The quantitative estimate of drug-likeness (QED) is 0.577. The maximum Gasteiger partial charge on any atom is 0.260 e. The second-order valence-corrected chi connectivity index (χ2v) is 6.34. The number of aromatic nitrogens is 4. The highest BCUT2D eigenvalue weighted by molar-refractivity contribution is 7.17. The molecule has 0 fully saturated rings. The topological polar surface area (TPSA) is 91.5 Å². The Bertz CT molecular complexity index is 1160. The SMILES string of the molecule is O=c1cc(-c2nc3scc(-c4ccc(Cl)cc4)c3c(=O)[nH]2)nc[nH]1. The second kappa shape index (κ2) is 5.70. The van der Waals surface area contributed by atoms with Crippen LogP contribution in [0.4, 0.5) is 0 Å². The second-order valence-electron chi connectivity index (χ2n) is 5.05. The number of halogens is 1. The van der Waals surface area contributed by atoms with E-state index in [1.165, 1.54) is 23.7 Å². The number of rotatable bonds is 2. The molecule has 118 valence electrons. The number of aromatic amines is 2. The zero-order valence-electron chi connectivity index (χ0n) is 12.0. The molecule has 6 nitrogen and oxygen atoms in total. The van der Waals surface area contributed by atoms with Gasteiger partial charge < -0.3 is 9.97 Å². The van der Waals surface area contributed by atoms with Gasteiger partial charge in [0.15, 0.2) is 5.82 Å². The summed E-state index contributed by atoms with van der Waals surface area (Å²) < 4.78 is 0. The molecular weight excluding hydrogens is 348 g/mol. The molecule has 0 saturated carbocycles. The normalized spacial score (nSPS) is 11.0. The van der Waals surface area contributed by atoms with Gasteiger partial charge in [-0.1, -0.05) is 23.7 Å². The van der Waals surface area contributed by atoms with E-state index in [0.29, 0.717) is 20.9 Å². The molecule has 3 aromatic heterocycles. The van der Waals surface area contributed by atoms with Crippen molar-refractivity contribution in [2.45, 2.75) is 0 Å². The van der Waals surface area contributed by atoms with E-state index in [4.69, 9.17) is 11.6 Å². The van der Waals surface area contributed by atoms with Crippen LogP contribution in [-0.2, 0) is 0 Å². The van der Waals surface area contributed by atoms with Crippen LogP contribution in [0.15, 0.2) is 51.6 Å². The Hall–Kier alpha value is -2.77. The van der Waals surface area contributed by atoms with Gasteiger partial charge in [0.1, 0.15) is 10.5 Å². The number of nitrogens with one attached hydrogen (secondary N) is 2. The smallest absolute Gasteiger partial charge is 0.260 e. The van der Waals surface area contributed by atoms with Crippen LogP contribution >= 0.6 is 22.9 Å². The highest BCUT2D eigenvalue weighted by atomic mass is 35.5. The number of benzene rings is 1. The third-order valence-electron chi connectivity index (χ3n) is 3.52. The van der Waals surface area contributed by atoms with Crippen molar-refractivity contribution in [2.24, 2.45) is 0 Å². The van der Waals surface area contributed by atoms with Crippen LogP contribution in [0.25, 0.3) is 32.9 Å². The minimum atomic E-state index is -0.309. The number of nitrogens with zero attached hydrogens (tertiary/aromatic N) is 2. The van der Waals surface area contributed by atoms with Crippen LogP contribution in [0.2, 0.25) is 5.02 Å². The fourth-order valence-corrected chi connectivity index (χ4v) is 3.48. The summed E-state index contributed by atoms with van der Waals surface area (Å²) in [4.78, 5) is 38.1. The maximum atomic E-state index is 12.6. The zero-order valence-corrected chi connectivity index (χ0v) is 13.6. The summed E-state index contributed by atoms with van der Waals surface area (Å²) in [6, 6.07) is 8.55. The fraction of sp³-hybridized carbons (Fsp3) is 0. The predicted molar refractivity (Wildman–Crippen MR) is 94.5 cm³/mol. The van der Waals surface area contributed by atoms with Crippen molar-refractivity contribution in [1.29, 1.82) is 0 Å². The Balaban J connectivity index is 1.91. The molecule has 0 bridgehead atoms. The van der Waals surface area contributed by atoms with E-state index in [1.807, 2.05) is 17.5 Å². The minimum Gasteiger partial charge on any atom is -0.313 e. The van der Waals surface area contributed by atoms with E-state index in [-0.39, 0.29) is 16.9 Å². The summed E-state index contributed by atoms with van der Waals surface area (Å²) in [6.07, 6.45) is 1.27. The van der Waals surface area contributed by atoms with Crippen molar-refractivity contribution in [3.63, 3.8) is 0 Å². The van der Waals surface area contributed by atoms with Gasteiger partial charge in [-0.15, -0.1) is 11.3 Å². The molecule has 0 saturated heterocycles. The van der Waals surface area contributed by atoms with Crippen molar-refractivity contribution in [1.82, 2.24) is 19.9 Å². The highest BCUT2D eigenvalue weighted by Crippen LogP contribution is 2.31. The zero-order chi connectivity index (χ0) is 16.7. The van der Waals surface area contributed by atoms with Gasteiger partial charge in [-0.2, -0.15) is 0 Å². The first kappa shape index (κ1) is 14.8. The van der Waals surface area contributed by atoms with Gasteiger partial charge in [0, 0.05) is 22.0 Å². The van der Waals surface area contributed by atoms with Crippen LogP contribution in [-0.4, -0.2) is 19.9 Å². The van der Waals surface area contributed by atoms with E-state index >= 15 is 0 Å². The molecule has 0 unspecified atom stereocenters. The number of fused-ring (bicyclic) bond motifs is 1. The monoisotopic (exact) mass is 356 g/mol. The average Bonchev–Trinajstić information content (AvgIpc) is 3.00. The highest BCUT2D eigenvalue weighted by Gasteiger charge is 2.14. The Morgan fingerprint density at radius 1 is 1.12 bits per heavy atom. The molecule has 3 heterocycles. The molecule has 4 rings (SSSR count). The molecular formula is C16H9ClN4O2S. The van der Waals surface area contributed by atoms with E-state index in [2.05, 4.69) is 19.9 Å². The molecule has 0 atom stereocenters. The van der Waals surface area contributed by atoms with Crippen molar-refractivity contribution >= 4 is 33.2 Å². The third-order valence-corrected chi connectivity index (χ3v) is 4.64. The number of thiophene rings is 1. The van der Waals surface area contributed by atoms with Crippen molar-refractivity contribution < 1.29 is 0 Å². The van der Waals surface area contributed by atoms with Crippen LogP contribution in [0.5, 0.6) is 0 Å². The summed E-state index contributed by atoms with van der Waals surface area (Å²) in [7, 11) is 0. The Labute approximate surface area is 143 Å². The van der Waals surface area contributed by atoms with Crippen LogP contribution in [0.3, 0.4) is 0 Å². The first-order valence-electron chi connectivity index (χ1n) is 6.94.